The molecule has 1 aromatic carbocycles. The maximum atomic E-state index is 12.1. The molecule has 1 rings (SSSR count). The summed E-state index contributed by atoms with van der Waals surface area (Å²) >= 11 is 0. The molecule has 0 aliphatic carbocycles. The van der Waals surface area contributed by atoms with Crippen molar-refractivity contribution < 1.29 is 82.8 Å². The van der Waals surface area contributed by atoms with Gasteiger partial charge in [0.05, 0.1) is 5.82 Å². The minimum atomic E-state index is -4.67. The molecule has 9 heteroatoms. The van der Waals surface area contributed by atoms with Gasteiger partial charge in [0.1, 0.15) is 0 Å². The normalized spacial score (nSPS) is 9.60. The molecule has 0 heterocycles. The van der Waals surface area contributed by atoms with Crippen molar-refractivity contribution in [2.24, 2.45) is 0 Å². The van der Waals surface area contributed by atoms with Crippen LogP contribution in [0, 0.1) is 17.7 Å². The Morgan fingerprint density at radius 1 is 1.27 bits per heavy atom. The van der Waals surface area contributed by atoms with E-state index in [4.69, 9.17) is 22.6 Å². The van der Waals surface area contributed by atoms with Gasteiger partial charge in [0, 0.05) is 11.6 Å². The zero-order valence-corrected chi connectivity index (χ0v) is 11.4. The maximum Gasteiger partial charge on any atom is 1.00 e. The zero-order valence-electron chi connectivity index (χ0n) is 7.48. The van der Waals surface area contributed by atoms with Crippen molar-refractivity contribution in [2.75, 3.05) is 0 Å². The standard InChI is InChI=1S/C6H3F2O.K.H2O4S/c7-4-2-1-3-5(9)6(4)8;;1-5(2,3)4/h1,3,9H;;(H2,1,2,3,4)/q-1;+1;. The van der Waals surface area contributed by atoms with Gasteiger partial charge in [-0.25, -0.2) is 4.39 Å². The van der Waals surface area contributed by atoms with E-state index in [1.165, 1.54) is 0 Å². The molecule has 0 aromatic heterocycles. The zero-order chi connectivity index (χ0) is 11.4. The molecule has 0 radical (unpaired) electrons. The quantitative estimate of drug-likeness (QED) is 0.282. The SMILES string of the molecule is O=S(=O)(O)O.Oc1cc[c-]c(F)c1F.[K+]. The van der Waals surface area contributed by atoms with E-state index >= 15 is 0 Å². The Kier molecular flexibility index (Phi) is 9.03. The first-order valence-electron chi connectivity index (χ1n) is 2.96. The van der Waals surface area contributed by atoms with Gasteiger partial charge in [-0.2, -0.15) is 14.5 Å². The summed E-state index contributed by atoms with van der Waals surface area (Å²) < 4.78 is 55.6. The van der Waals surface area contributed by atoms with Crippen LogP contribution in [-0.4, -0.2) is 22.6 Å². The summed E-state index contributed by atoms with van der Waals surface area (Å²) in [5, 5.41) is 8.47. The molecule has 0 saturated carbocycles. The largest absolute Gasteiger partial charge is 1.00 e. The van der Waals surface area contributed by atoms with Crippen molar-refractivity contribution in [3.05, 3.63) is 29.8 Å². The summed E-state index contributed by atoms with van der Waals surface area (Å²) in [6.07, 6.45) is 0. The Morgan fingerprint density at radius 3 is 1.93 bits per heavy atom. The van der Waals surface area contributed by atoms with Crippen molar-refractivity contribution in [1.82, 2.24) is 0 Å². The minimum Gasteiger partial charge on any atom is -0.531 e. The molecule has 0 aliphatic heterocycles. The molecular formula is C6H5F2KO5S. The van der Waals surface area contributed by atoms with Gasteiger partial charge in [-0.15, -0.1) is 12.1 Å². The van der Waals surface area contributed by atoms with E-state index in [0.29, 0.717) is 0 Å². The molecule has 0 saturated heterocycles. The van der Waals surface area contributed by atoms with Crippen LogP contribution in [0.3, 0.4) is 0 Å². The molecule has 80 valence electrons. The van der Waals surface area contributed by atoms with Gasteiger partial charge in [0.2, 0.25) is 0 Å². The van der Waals surface area contributed by atoms with Crippen LogP contribution in [-0.2, 0) is 10.4 Å². The monoisotopic (exact) mass is 266 g/mol. The van der Waals surface area contributed by atoms with Crippen molar-refractivity contribution in [3.63, 3.8) is 0 Å². The van der Waals surface area contributed by atoms with E-state index in [9.17, 15) is 8.78 Å². The average Bonchev–Trinajstić information content (AvgIpc) is 1.97. The minimum absolute atomic E-state index is 0. The number of benzene rings is 1. The van der Waals surface area contributed by atoms with Crippen LogP contribution in [0.25, 0.3) is 0 Å². The van der Waals surface area contributed by atoms with Crippen molar-refractivity contribution in [3.8, 4) is 5.75 Å². The molecule has 0 spiro atoms. The molecular weight excluding hydrogens is 261 g/mol. The second-order valence-corrected chi connectivity index (χ2v) is 2.83. The van der Waals surface area contributed by atoms with Gasteiger partial charge < -0.3 is 5.11 Å². The molecule has 15 heavy (non-hydrogen) atoms. The van der Waals surface area contributed by atoms with Gasteiger partial charge >= 0.3 is 61.8 Å². The molecule has 0 amide bonds. The predicted octanol–water partition coefficient (Wildman–Crippen LogP) is -2.18. The summed E-state index contributed by atoms with van der Waals surface area (Å²) in [7, 11) is -4.67. The van der Waals surface area contributed by atoms with Crippen molar-refractivity contribution in [1.29, 1.82) is 0 Å². The average molecular weight is 266 g/mol. The number of aromatic hydroxyl groups is 1. The van der Waals surface area contributed by atoms with Gasteiger partial charge in [0.15, 0.2) is 0 Å². The summed E-state index contributed by atoms with van der Waals surface area (Å²) in [4.78, 5) is 0. The number of hydrogen-bond acceptors (Lipinski definition) is 3. The third-order valence-corrected chi connectivity index (χ3v) is 0.869. The first-order valence-corrected chi connectivity index (χ1v) is 4.36. The van der Waals surface area contributed by atoms with Crippen LogP contribution in [0.4, 0.5) is 8.78 Å². The van der Waals surface area contributed by atoms with Crippen molar-refractivity contribution in [2.45, 2.75) is 0 Å². The molecule has 0 aliphatic rings. The Hall–Kier alpha value is 0.386. The molecule has 5 nitrogen and oxygen atoms in total. The Labute approximate surface area is 127 Å². The number of phenolic OH excluding ortho intramolecular Hbond substituents is 1. The van der Waals surface area contributed by atoms with Crippen LogP contribution >= 0.6 is 0 Å². The van der Waals surface area contributed by atoms with Gasteiger partial charge in [-0.05, 0) is 0 Å². The Bertz CT molecular complexity index is 380. The van der Waals surface area contributed by atoms with Crippen molar-refractivity contribution >= 4 is 10.4 Å². The fraction of sp³-hybridized carbons (Fsp3) is 0. The van der Waals surface area contributed by atoms with Crippen LogP contribution in [0.2, 0.25) is 0 Å². The van der Waals surface area contributed by atoms with Crippen LogP contribution in [0.15, 0.2) is 12.1 Å². The number of phenols is 1. The van der Waals surface area contributed by atoms with Gasteiger partial charge in [0.25, 0.3) is 0 Å². The molecule has 3 N–H and O–H groups in total. The second-order valence-electron chi connectivity index (χ2n) is 1.94. The summed E-state index contributed by atoms with van der Waals surface area (Å²) in [6, 6.07) is 4.07. The summed E-state index contributed by atoms with van der Waals surface area (Å²) in [6.45, 7) is 0. The molecule has 0 fully saturated rings. The fourth-order valence-corrected chi connectivity index (χ4v) is 0.443. The first-order chi connectivity index (χ1) is 6.22. The second kappa shape index (κ2) is 7.63. The molecule has 0 unspecified atom stereocenters. The fourth-order valence-electron chi connectivity index (χ4n) is 0.443. The van der Waals surface area contributed by atoms with E-state index in [1.54, 1.807) is 0 Å². The first kappa shape index (κ1) is 17.8. The van der Waals surface area contributed by atoms with E-state index < -0.39 is 27.8 Å². The third kappa shape index (κ3) is 10.7. The Balaban J connectivity index is 0. The Morgan fingerprint density at radius 2 is 1.67 bits per heavy atom. The topological polar surface area (TPSA) is 94.8 Å². The van der Waals surface area contributed by atoms with Gasteiger partial charge in [-0.1, -0.05) is 0 Å². The van der Waals surface area contributed by atoms with E-state index in [0.717, 1.165) is 12.1 Å². The van der Waals surface area contributed by atoms with E-state index in [2.05, 4.69) is 0 Å². The van der Waals surface area contributed by atoms with Crippen LogP contribution in [0.1, 0.15) is 0 Å². The van der Waals surface area contributed by atoms with Gasteiger partial charge in [-0.3, -0.25) is 13.5 Å². The third-order valence-electron chi connectivity index (χ3n) is 0.869. The predicted molar refractivity (Wildman–Crippen MR) is 41.0 cm³/mol. The number of halogens is 2. The van der Waals surface area contributed by atoms with Crippen LogP contribution < -0.4 is 51.4 Å². The summed E-state index contributed by atoms with van der Waals surface area (Å²) in [5.41, 5.74) is 0. The smallest absolute Gasteiger partial charge is 0.531 e. The van der Waals surface area contributed by atoms with Crippen LogP contribution in [0.5, 0.6) is 5.75 Å². The molecule has 0 bridgehead atoms. The van der Waals surface area contributed by atoms with E-state index in [1.807, 2.05) is 6.07 Å². The maximum absolute atomic E-state index is 12.1. The van der Waals surface area contributed by atoms with E-state index in [-0.39, 0.29) is 51.4 Å². The number of hydrogen-bond donors (Lipinski definition) is 3. The molecule has 1 aromatic rings. The molecule has 0 atom stereocenters. The summed E-state index contributed by atoms with van der Waals surface area (Å²) in [5.74, 6) is -3.10. The number of rotatable bonds is 0.